The van der Waals surface area contributed by atoms with Gasteiger partial charge in [-0.15, -0.1) is 0 Å². The van der Waals surface area contributed by atoms with Crippen LogP contribution in [0.25, 0.3) is 0 Å². The number of fused-ring (bicyclic) bond motifs is 1. The van der Waals surface area contributed by atoms with Crippen LogP contribution in [0.2, 0.25) is 0 Å². The summed E-state index contributed by atoms with van der Waals surface area (Å²) >= 11 is 0. The van der Waals surface area contributed by atoms with E-state index < -0.39 is 0 Å². The van der Waals surface area contributed by atoms with Gasteiger partial charge in [-0.05, 0) is 38.5 Å². The van der Waals surface area contributed by atoms with Crippen molar-refractivity contribution in [3.8, 4) is 0 Å². The van der Waals surface area contributed by atoms with Crippen LogP contribution in [-0.4, -0.2) is 11.2 Å². The van der Waals surface area contributed by atoms with E-state index in [1.807, 2.05) is 13.8 Å². The first-order chi connectivity index (χ1) is 7.75. The predicted molar refractivity (Wildman–Crippen MR) is 62.0 cm³/mol. The molecule has 0 aromatic carbocycles. The molecule has 1 aromatic rings. The summed E-state index contributed by atoms with van der Waals surface area (Å²) in [5.74, 6) is 2.64. The van der Waals surface area contributed by atoms with Gasteiger partial charge in [-0.25, -0.2) is 0 Å². The summed E-state index contributed by atoms with van der Waals surface area (Å²) in [7, 11) is 0. The molecule has 1 heterocycles. The fourth-order valence-electron chi connectivity index (χ4n) is 2.94. The number of hydrogen-bond acceptors (Lipinski definition) is 3. The predicted octanol–water partition coefficient (Wildman–Crippen LogP) is 2.35. The van der Waals surface area contributed by atoms with Crippen molar-refractivity contribution in [3.05, 3.63) is 29.2 Å². The maximum atomic E-state index is 5.16. The Bertz CT molecular complexity index is 402. The van der Waals surface area contributed by atoms with E-state index in [1.165, 1.54) is 18.4 Å². The van der Waals surface area contributed by atoms with Gasteiger partial charge in [0, 0.05) is 18.2 Å². The molecule has 86 valence electrons. The van der Waals surface area contributed by atoms with Gasteiger partial charge < -0.3 is 9.84 Å². The smallest absolute Gasteiger partial charge is 0.138 e. The van der Waals surface area contributed by atoms with Crippen molar-refractivity contribution < 1.29 is 4.52 Å². The molecule has 1 N–H and O–H groups in total. The van der Waals surface area contributed by atoms with E-state index in [-0.39, 0.29) is 0 Å². The highest BCUT2D eigenvalue weighted by atomic mass is 16.5. The normalized spacial score (nSPS) is 31.5. The second-order valence-electron chi connectivity index (χ2n) is 5.03. The van der Waals surface area contributed by atoms with Gasteiger partial charge in [0.05, 0.1) is 5.69 Å². The molecular formula is C13H18N2O. The number of hydrogen-bond donors (Lipinski definition) is 1. The quantitative estimate of drug-likeness (QED) is 0.791. The van der Waals surface area contributed by atoms with Crippen molar-refractivity contribution in [2.45, 2.75) is 39.3 Å². The Morgan fingerprint density at radius 1 is 1.50 bits per heavy atom. The van der Waals surface area contributed by atoms with E-state index in [9.17, 15) is 0 Å². The van der Waals surface area contributed by atoms with Crippen molar-refractivity contribution in [1.82, 2.24) is 10.5 Å². The van der Waals surface area contributed by atoms with Gasteiger partial charge in [0.1, 0.15) is 5.76 Å². The molecule has 2 aliphatic carbocycles. The molecule has 1 saturated carbocycles. The van der Waals surface area contributed by atoms with Gasteiger partial charge in [-0.1, -0.05) is 17.3 Å². The molecule has 3 heteroatoms. The lowest BCUT2D eigenvalue weighted by molar-refractivity contribution is 0.162. The second-order valence-corrected chi connectivity index (χ2v) is 5.03. The first-order valence-electron chi connectivity index (χ1n) is 6.07. The Hall–Kier alpha value is -1.09. The summed E-state index contributed by atoms with van der Waals surface area (Å²) in [6.45, 7) is 4.88. The van der Waals surface area contributed by atoms with Gasteiger partial charge in [0.25, 0.3) is 0 Å². The third-order valence-electron chi connectivity index (χ3n) is 4.09. The molecule has 0 aliphatic heterocycles. The maximum absolute atomic E-state index is 5.16. The molecular weight excluding hydrogens is 200 g/mol. The minimum Gasteiger partial charge on any atom is -0.361 e. The van der Waals surface area contributed by atoms with Crippen LogP contribution < -0.4 is 5.32 Å². The van der Waals surface area contributed by atoms with Crippen molar-refractivity contribution in [3.63, 3.8) is 0 Å². The molecule has 2 aliphatic rings. The van der Waals surface area contributed by atoms with Gasteiger partial charge in [-0.2, -0.15) is 0 Å². The zero-order valence-electron chi connectivity index (χ0n) is 9.86. The highest BCUT2D eigenvalue weighted by molar-refractivity contribution is 5.21. The Morgan fingerprint density at radius 3 is 3.06 bits per heavy atom. The van der Waals surface area contributed by atoms with Crippen LogP contribution in [0.5, 0.6) is 0 Å². The SMILES string of the molecule is Cc1noc(C)c1CNC1CC2CC=CC21. The van der Waals surface area contributed by atoms with E-state index in [0.29, 0.717) is 6.04 Å². The third-order valence-corrected chi connectivity index (χ3v) is 4.09. The average Bonchev–Trinajstić information content (AvgIpc) is 2.75. The topological polar surface area (TPSA) is 38.1 Å². The van der Waals surface area contributed by atoms with Crippen molar-refractivity contribution >= 4 is 0 Å². The van der Waals surface area contributed by atoms with Crippen LogP contribution in [0.15, 0.2) is 16.7 Å². The minimum absolute atomic E-state index is 0.664. The summed E-state index contributed by atoms with van der Waals surface area (Å²) in [6, 6.07) is 0.664. The van der Waals surface area contributed by atoms with Gasteiger partial charge in [0.2, 0.25) is 0 Å². The van der Waals surface area contributed by atoms with Crippen molar-refractivity contribution in [2.24, 2.45) is 11.8 Å². The van der Waals surface area contributed by atoms with Gasteiger partial charge in [-0.3, -0.25) is 0 Å². The second kappa shape index (κ2) is 3.74. The molecule has 0 saturated heterocycles. The van der Waals surface area contributed by atoms with Crippen LogP contribution in [0.3, 0.4) is 0 Å². The van der Waals surface area contributed by atoms with Crippen molar-refractivity contribution in [2.75, 3.05) is 0 Å². The number of nitrogens with zero attached hydrogens (tertiary/aromatic N) is 1. The Kier molecular flexibility index (Phi) is 2.36. The summed E-state index contributed by atoms with van der Waals surface area (Å²) in [4.78, 5) is 0. The molecule has 3 atom stereocenters. The maximum Gasteiger partial charge on any atom is 0.138 e. The first kappa shape index (κ1) is 10.1. The molecule has 3 rings (SSSR count). The lowest BCUT2D eigenvalue weighted by Crippen LogP contribution is -2.47. The van der Waals surface area contributed by atoms with E-state index in [2.05, 4.69) is 22.6 Å². The molecule has 0 bridgehead atoms. The highest BCUT2D eigenvalue weighted by Gasteiger charge is 2.40. The summed E-state index contributed by atoms with van der Waals surface area (Å²) in [5, 5.41) is 7.60. The molecule has 0 spiro atoms. The molecule has 16 heavy (non-hydrogen) atoms. The zero-order chi connectivity index (χ0) is 11.1. The highest BCUT2D eigenvalue weighted by Crippen LogP contribution is 2.42. The van der Waals surface area contributed by atoms with E-state index in [4.69, 9.17) is 4.52 Å². The number of rotatable bonds is 3. The summed E-state index contributed by atoms with van der Waals surface area (Å²) in [6.07, 6.45) is 7.31. The molecule has 3 unspecified atom stereocenters. The minimum atomic E-state index is 0.664. The number of nitrogens with one attached hydrogen (secondary N) is 1. The Morgan fingerprint density at radius 2 is 2.38 bits per heavy atom. The summed E-state index contributed by atoms with van der Waals surface area (Å²) < 4.78 is 5.16. The van der Waals surface area contributed by atoms with Crippen LogP contribution in [0, 0.1) is 25.7 Å². The van der Waals surface area contributed by atoms with E-state index in [0.717, 1.165) is 29.8 Å². The standard InChI is InChI=1S/C13H18N2O/c1-8-12(9(2)16-15-8)7-14-13-6-10-4-3-5-11(10)13/h3,5,10-11,13-14H,4,6-7H2,1-2H3. The van der Waals surface area contributed by atoms with E-state index in [1.54, 1.807) is 0 Å². The fourth-order valence-corrected chi connectivity index (χ4v) is 2.94. The first-order valence-corrected chi connectivity index (χ1v) is 6.07. The summed E-state index contributed by atoms with van der Waals surface area (Å²) in [5.41, 5.74) is 2.24. The van der Waals surface area contributed by atoms with Crippen molar-refractivity contribution in [1.29, 1.82) is 0 Å². The molecule has 1 fully saturated rings. The van der Waals surface area contributed by atoms with Crippen LogP contribution in [0.4, 0.5) is 0 Å². The largest absolute Gasteiger partial charge is 0.361 e. The Labute approximate surface area is 95.9 Å². The molecule has 0 radical (unpaired) electrons. The van der Waals surface area contributed by atoms with Gasteiger partial charge in [0.15, 0.2) is 0 Å². The third kappa shape index (κ3) is 1.50. The zero-order valence-corrected chi connectivity index (χ0v) is 9.86. The van der Waals surface area contributed by atoms with Crippen LogP contribution in [0.1, 0.15) is 29.9 Å². The molecule has 3 nitrogen and oxygen atoms in total. The molecule has 0 amide bonds. The van der Waals surface area contributed by atoms with Gasteiger partial charge >= 0.3 is 0 Å². The molecule has 1 aromatic heterocycles. The lowest BCUT2D eigenvalue weighted by atomic mass is 9.71. The number of allylic oxidation sites excluding steroid dienone is 1. The van der Waals surface area contributed by atoms with E-state index >= 15 is 0 Å². The number of aryl methyl sites for hydroxylation is 2. The average molecular weight is 218 g/mol. The lowest BCUT2D eigenvalue weighted by Gasteiger charge is -2.40. The Balaban J connectivity index is 1.59. The fraction of sp³-hybridized carbons (Fsp3) is 0.615. The monoisotopic (exact) mass is 218 g/mol. The van der Waals surface area contributed by atoms with Crippen LogP contribution >= 0.6 is 0 Å². The number of aromatic nitrogens is 1. The van der Waals surface area contributed by atoms with Crippen LogP contribution in [-0.2, 0) is 6.54 Å².